The maximum atomic E-state index is 12.1. The zero-order chi connectivity index (χ0) is 13.1. The molecule has 0 aliphatic carbocycles. The normalized spacial score (nSPS) is 10.2. The number of hydrogen-bond donors (Lipinski definition) is 1. The van der Waals surface area contributed by atoms with Crippen molar-refractivity contribution in [3.63, 3.8) is 0 Å². The molecule has 2 aromatic carbocycles. The maximum Gasteiger partial charge on any atom is 0.255 e. The van der Waals surface area contributed by atoms with E-state index in [1.165, 1.54) is 0 Å². The van der Waals surface area contributed by atoms with Gasteiger partial charge >= 0.3 is 0 Å². The monoisotopic (exact) mass is 387 g/mol. The van der Waals surface area contributed by atoms with Crippen LogP contribution in [0.3, 0.4) is 0 Å². The number of rotatable bonds is 2. The van der Waals surface area contributed by atoms with Crippen LogP contribution in [0.25, 0.3) is 0 Å². The molecule has 2 rings (SSSR count). The van der Waals surface area contributed by atoms with Crippen LogP contribution < -0.4 is 5.32 Å². The molecule has 0 heterocycles. The largest absolute Gasteiger partial charge is 0.321 e. The van der Waals surface area contributed by atoms with E-state index in [1.807, 2.05) is 18.2 Å². The number of carbonyl (C=O) groups excluding carboxylic acids is 1. The molecular weight excluding hydrogens is 381 g/mol. The van der Waals surface area contributed by atoms with Crippen LogP contribution in [0.2, 0.25) is 5.02 Å². The van der Waals surface area contributed by atoms with Gasteiger partial charge in [0, 0.05) is 14.5 Å². The van der Waals surface area contributed by atoms with Crippen molar-refractivity contribution in [2.75, 3.05) is 5.32 Å². The topological polar surface area (TPSA) is 29.1 Å². The van der Waals surface area contributed by atoms with Gasteiger partial charge in [0.15, 0.2) is 0 Å². The lowest BCUT2D eigenvalue weighted by Gasteiger charge is -2.07. The standard InChI is InChI=1S/C13H8Br2ClNO/c14-9-5-8(6-10(15)7-9)13(18)17-12-4-2-1-3-11(12)16/h1-7H,(H,17,18). The van der Waals surface area contributed by atoms with E-state index in [4.69, 9.17) is 11.6 Å². The number of carbonyl (C=O) groups is 1. The molecule has 1 amide bonds. The van der Waals surface area contributed by atoms with Gasteiger partial charge in [-0.05, 0) is 30.3 Å². The van der Waals surface area contributed by atoms with Gasteiger partial charge in [-0.1, -0.05) is 55.6 Å². The highest BCUT2D eigenvalue weighted by Gasteiger charge is 2.09. The van der Waals surface area contributed by atoms with E-state index in [2.05, 4.69) is 37.2 Å². The quantitative estimate of drug-likeness (QED) is 0.759. The second-order valence-electron chi connectivity index (χ2n) is 3.59. The Kier molecular flexibility index (Phi) is 4.43. The minimum absolute atomic E-state index is 0.204. The predicted molar refractivity (Wildman–Crippen MR) is 81.2 cm³/mol. The van der Waals surface area contributed by atoms with Crippen molar-refractivity contribution in [2.45, 2.75) is 0 Å². The highest BCUT2D eigenvalue weighted by Crippen LogP contribution is 2.23. The lowest BCUT2D eigenvalue weighted by molar-refractivity contribution is 0.102. The Bertz CT molecular complexity index is 581. The average Bonchev–Trinajstić information content (AvgIpc) is 2.31. The molecule has 0 fully saturated rings. The van der Waals surface area contributed by atoms with Gasteiger partial charge in [0.25, 0.3) is 5.91 Å². The summed E-state index contributed by atoms with van der Waals surface area (Å²) < 4.78 is 1.67. The average molecular weight is 389 g/mol. The van der Waals surface area contributed by atoms with Crippen molar-refractivity contribution in [1.82, 2.24) is 0 Å². The van der Waals surface area contributed by atoms with Crippen molar-refractivity contribution < 1.29 is 4.79 Å². The maximum absolute atomic E-state index is 12.1. The number of halogens is 3. The summed E-state index contributed by atoms with van der Waals surface area (Å²) >= 11 is 12.7. The number of anilines is 1. The lowest BCUT2D eigenvalue weighted by atomic mass is 10.2. The van der Waals surface area contributed by atoms with Crippen LogP contribution in [0, 0.1) is 0 Å². The van der Waals surface area contributed by atoms with Crippen LogP contribution >= 0.6 is 43.5 Å². The Labute approximate surface area is 127 Å². The number of para-hydroxylation sites is 1. The van der Waals surface area contributed by atoms with Gasteiger partial charge in [-0.2, -0.15) is 0 Å². The zero-order valence-corrected chi connectivity index (χ0v) is 13.0. The van der Waals surface area contributed by atoms with Crippen LogP contribution in [0.15, 0.2) is 51.4 Å². The SMILES string of the molecule is O=C(Nc1ccccc1Cl)c1cc(Br)cc(Br)c1. The molecule has 92 valence electrons. The minimum atomic E-state index is -0.204. The van der Waals surface area contributed by atoms with E-state index in [0.717, 1.165) is 8.95 Å². The number of hydrogen-bond acceptors (Lipinski definition) is 1. The van der Waals surface area contributed by atoms with E-state index in [-0.39, 0.29) is 5.91 Å². The van der Waals surface area contributed by atoms with Crippen molar-refractivity contribution in [3.05, 3.63) is 62.0 Å². The first-order valence-corrected chi connectivity index (χ1v) is 7.04. The Morgan fingerprint density at radius 1 is 1.06 bits per heavy atom. The summed E-state index contributed by atoms with van der Waals surface area (Å²) in [7, 11) is 0. The van der Waals surface area contributed by atoms with Crippen LogP contribution in [-0.2, 0) is 0 Å². The molecule has 5 heteroatoms. The van der Waals surface area contributed by atoms with Crippen LogP contribution in [0.1, 0.15) is 10.4 Å². The summed E-state index contributed by atoms with van der Waals surface area (Å²) in [5, 5.41) is 3.28. The number of benzene rings is 2. The fourth-order valence-electron chi connectivity index (χ4n) is 1.44. The second-order valence-corrected chi connectivity index (χ2v) is 5.83. The third kappa shape index (κ3) is 3.34. The van der Waals surface area contributed by atoms with Crippen molar-refractivity contribution in [2.24, 2.45) is 0 Å². The molecule has 0 saturated carbocycles. The van der Waals surface area contributed by atoms with Gasteiger partial charge in [-0.15, -0.1) is 0 Å². The van der Waals surface area contributed by atoms with Crippen molar-refractivity contribution >= 4 is 55.1 Å². The summed E-state index contributed by atoms with van der Waals surface area (Å²) in [6.07, 6.45) is 0. The van der Waals surface area contributed by atoms with Crippen molar-refractivity contribution in [3.8, 4) is 0 Å². The smallest absolute Gasteiger partial charge is 0.255 e. The van der Waals surface area contributed by atoms with Crippen molar-refractivity contribution in [1.29, 1.82) is 0 Å². The molecule has 0 spiro atoms. The Balaban J connectivity index is 2.25. The molecule has 0 atom stereocenters. The third-order valence-corrected chi connectivity index (χ3v) is 3.49. The fourth-order valence-corrected chi connectivity index (χ4v) is 2.92. The molecule has 0 bridgehead atoms. The molecule has 0 aliphatic heterocycles. The minimum Gasteiger partial charge on any atom is -0.321 e. The van der Waals surface area contributed by atoms with E-state index >= 15 is 0 Å². The van der Waals surface area contributed by atoms with E-state index < -0.39 is 0 Å². The lowest BCUT2D eigenvalue weighted by Crippen LogP contribution is -2.12. The van der Waals surface area contributed by atoms with Crippen LogP contribution in [-0.4, -0.2) is 5.91 Å². The summed E-state index contributed by atoms with van der Waals surface area (Å²) in [5.41, 5.74) is 1.15. The predicted octanol–water partition coefficient (Wildman–Crippen LogP) is 5.12. The van der Waals surface area contributed by atoms with Gasteiger partial charge < -0.3 is 5.32 Å². The Morgan fingerprint density at radius 3 is 2.28 bits per heavy atom. The first kappa shape index (κ1) is 13.6. The Hall–Kier alpha value is -0.840. The zero-order valence-electron chi connectivity index (χ0n) is 9.08. The highest BCUT2D eigenvalue weighted by molar-refractivity contribution is 9.11. The van der Waals surface area contributed by atoms with Crippen LogP contribution in [0.4, 0.5) is 5.69 Å². The van der Waals surface area contributed by atoms with E-state index in [0.29, 0.717) is 16.3 Å². The molecule has 1 N–H and O–H groups in total. The fraction of sp³-hybridized carbons (Fsp3) is 0. The van der Waals surface area contributed by atoms with Crippen LogP contribution in [0.5, 0.6) is 0 Å². The molecule has 2 aromatic rings. The van der Waals surface area contributed by atoms with Gasteiger partial charge in [0.2, 0.25) is 0 Å². The van der Waals surface area contributed by atoms with Gasteiger partial charge in [0.05, 0.1) is 10.7 Å². The highest BCUT2D eigenvalue weighted by atomic mass is 79.9. The number of nitrogens with one attached hydrogen (secondary N) is 1. The number of amides is 1. The van der Waals surface area contributed by atoms with E-state index in [9.17, 15) is 4.79 Å². The summed E-state index contributed by atoms with van der Waals surface area (Å²) in [4.78, 5) is 12.1. The second kappa shape index (κ2) is 5.87. The summed E-state index contributed by atoms with van der Waals surface area (Å²) in [6.45, 7) is 0. The first-order chi connectivity index (χ1) is 8.56. The Morgan fingerprint density at radius 2 is 1.67 bits per heavy atom. The third-order valence-electron chi connectivity index (χ3n) is 2.25. The molecule has 0 unspecified atom stereocenters. The summed E-state index contributed by atoms with van der Waals surface area (Å²) in [5.74, 6) is -0.204. The molecular formula is C13H8Br2ClNO. The molecule has 0 aliphatic rings. The van der Waals surface area contributed by atoms with Gasteiger partial charge in [0.1, 0.15) is 0 Å². The van der Waals surface area contributed by atoms with E-state index in [1.54, 1.807) is 24.3 Å². The van der Waals surface area contributed by atoms with Gasteiger partial charge in [-0.3, -0.25) is 4.79 Å². The molecule has 2 nitrogen and oxygen atoms in total. The molecule has 0 aromatic heterocycles. The summed E-state index contributed by atoms with van der Waals surface area (Å²) in [6, 6.07) is 12.5. The first-order valence-electron chi connectivity index (χ1n) is 5.08. The molecule has 0 saturated heterocycles. The van der Waals surface area contributed by atoms with Gasteiger partial charge in [-0.25, -0.2) is 0 Å². The molecule has 18 heavy (non-hydrogen) atoms. The molecule has 0 radical (unpaired) electrons.